The number of benzene rings is 1. The monoisotopic (exact) mass is 394 g/mol. The fourth-order valence-electron chi connectivity index (χ4n) is 3.20. The van der Waals surface area contributed by atoms with Crippen molar-refractivity contribution in [1.82, 2.24) is 9.80 Å². The molecule has 1 saturated heterocycles. The summed E-state index contributed by atoms with van der Waals surface area (Å²) in [5.41, 5.74) is 0.660. The Morgan fingerprint density at radius 1 is 1.36 bits per heavy atom. The number of methoxy groups -OCH3 is 1. The smallest absolute Gasteiger partial charge is 0.254 e. The van der Waals surface area contributed by atoms with Crippen molar-refractivity contribution in [2.24, 2.45) is 0 Å². The standard InChI is InChI=1S/C21H34N2O5/c1-17(2)28-16-19(24)13-22-9-12-27-20(14-22)15-23(10-11-26-3)21(25)18-7-5-4-6-8-18/h4-8,17,19-20,24H,9-16H2,1-3H3/t19-,20-/m1/s1. The molecule has 1 fully saturated rings. The van der Waals surface area contributed by atoms with Crippen LogP contribution in [0.3, 0.4) is 0 Å². The molecule has 1 aromatic carbocycles. The Kier molecular flexibility index (Phi) is 9.87. The van der Waals surface area contributed by atoms with E-state index in [4.69, 9.17) is 14.2 Å². The molecule has 0 unspecified atom stereocenters. The van der Waals surface area contributed by atoms with Crippen molar-refractivity contribution in [1.29, 1.82) is 0 Å². The largest absolute Gasteiger partial charge is 0.389 e. The van der Waals surface area contributed by atoms with Crippen LogP contribution >= 0.6 is 0 Å². The van der Waals surface area contributed by atoms with Crippen LogP contribution < -0.4 is 0 Å². The number of amides is 1. The van der Waals surface area contributed by atoms with Crippen LogP contribution in [0.4, 0.5) is 0 Å². The van der Waals surface area contributed by atoms with Crippen LogP contribution in [0.5, 0.6) is 0 Å². The molecule has 0 radical (unpaired) electrons. The zero-order valence-electron chi connectivity index (χ0n) is 17.3. The molecule has 1 aromatic rings. The molecule has 1 N–H and O–H groups in total. The van der Waals surface area contributed by atoms with Crippen molar-refractivity contribution in [2.75, 3.05) is 59.7 Å². The normalized spacial score (nSPS) is 19.0. The number of β-amino-alcohol motifs (C(OH)–C–C–N with tert-alkyl or cyclic N) is 1. The molecule has 7 heteroatoms. The number of aliphatic hydroxyl groups is 1. The fourth-order valence-corrected chi connectivity index (χ4v) is 3.20. The summed E-state index contributed by atoms with van der Waals surface area (Å²) in [6.45, 7) is 8.26. The van der Waals surface area contributed by atoms with E-state index in [0.717, 1.165) is 6.54 Å². The van der Waals surface area contributed by atoms with Crippen molar-refractivity contribution < 1.29 is 24.1 Å². The molecule has 1 aliphatic heterocycles. The van der Waals surface area contributed by atoms with Gasteiger partial charge in [0.05, 0.1) is 38.1 Å². The number of carbonyl (C=O) groups excluding carboxylic acids is 1. The number of hydrogen-bond donors (Lipinski definition) is 1. The van der Waals surface area contributed by atoms with Crippen LogP contribution in [0.1, 0.15) is 24.2 Å². The van der Waals surface area contributed by atoms with E-state index >= 15 is 0 Å². The van der Waals surface area contributed by atoms with E-state index in [1.165, 1.54) is 0 Å². The number of aliphatic hydroxyl groups excluding tert-OH is 1. The van der Waals surface area contributed by atoms with E-state index in [1.54, 1.807) is 12.0 Å². The Morgan fingerprint density at radius 3 is 2.79 bits per heavy atom. The van der Waals surface area contributed by atoms with Gasteiger partial charge >= 0.3 is 0 Å². The van der Waals surface area contributed by atoms with Crippen LogP contribution in [-0.4, -0.2) is 98.8 Å². The van der Waals surface area contributed by atoms with E-state index in [-0.39, 0.29) is 18.1 Å². The Labute approximate surface area is 168 Å². The van der Waals surface area contributed by atoms with Gasteiger partial charge in [-0.1, -0.05) is 18.2 Å². The molecule has 7 nitrogen and oxygen atoms in total. The summed E-state index contributed by atoms with van der Waals surface area (Å²) in [5.74, 6) is -0.0243. The second-order valence-corrected chi connectivity index (χ2v) is 7.40. The lowest BCUT2D eigenvalue weighted by Crippen LogP contribution is -2.51. The third kappa shape index (κ3) is 7.85. The molecule has 0 aliphatic carbocycles. The fraction of sp³-hybridized carbons (Fsp3) is 0.667. The SMILES string of the molecule is COCCN(C[C@H]1CN(C[C@@H](O)COC(C)C)CCO1)C(=O)c1ccccc1. The topological polar surface area (TPSA) is 71.5 Å². The van der Waals surface area contributed by atoms with Gasteiger partial charge in [-0.2, -0.15) is 0 Å². The van der Waals surface area contributed by atoms with Crippen LogP contribution in [0.15, 0.2) is 30.3 Å². The maximum absolute atomic E-state index is 12.9. The third-order valence-electron chi connectivity index (χ3n) is 4.61. The first kappa shape index (κ1) is 22.8. The van der Waals surface area contributed by atoms with Gasteiger partial charge in [-0.05, 0) is 26.0 Å². The molecule has 158 valence electrons. The maximum atomic E-state index is 12.9. The van der Waals surface area contributed by atoms with E-state index < -0.39 is 6.10 Å². The number of ether oxygens (including phenoxy) is 3. The van der Waals surface area contributed by atoms with Crippen molar-refractivity contribution in [3.8, 4) is 0 Å². The molecule has 28 heavy (non-hydrogen) atoms. The first-order chi connectivity index (χ1) is 13.5. The molecule has 0 aromatic heterocycles. The summed E-state index contributed by atoms with van der Waals surface area (Å²) in [5, 5.41) is 10.2. The highest BCUT2D eigenvalue weighted by atomic mass is 16.5. The van der Waals surface area contributed by atoms with Gasteiger partial charge in [0.25, 0.3) is 5.91 Å². The molecule has 1 heterocycles. The molecule has 1 amide bonds. The average Bonchev–Trinajstić information content (AvgIpc) is 2.70. The minimum atomic E-state index is -0.531. The predicted octanol–water partition coefficient (Wildman–Crippen LogP) is 1.26. The van der Waals surface area contributed by atoms with Gasteiger partial charge in [0.2, 0.25) is 0 Å². The van der Waals surface area contributed by atoms with Crippen molar-refractivity contribution in [2.45, 2.75) is 32.2 Å². The Hall–Kier alpha value is -1.51. The van der Waals surface area contributed by atoms with Crippen molar-refractivity contribution in [3.63, 3.8) is 0 Å². The first-order valence-electron chi connectivity index (χ1n) is 9.96. The minimum Gasteiger partial charge on any atom is -0.389 e. The maximum Gasteiger partial charge on any atom is 0.254 e. The van der Waals surface area contributed by atoms with E-state index in [9.17, 15) is 9.90 Å². The molecular weight excluding hydrogens is 360 g/mol. The summed E-state index contributed by atoms with van der Waals surface area (Å²) in [6, 6.07) is 9.26. The third-order valence-corrected chi connectivity index (χ3v) is 4.61. The lowest BCUT2D eigenvalue weighted by Gasteiger charge is -2.36. The highest BCUT2D eigenvalue weighted by Crippen LogP contribution is 2.11. The van der Waals surface area contributed by atoms with E-state index in [2.05, 4.69) is 4.90 Å². The van der Waals surface area contributed by atoms with Gasteiger partial charge in [-0.15, -0.1) is 0 Å². The van der Waals surface area contributed by atoms with E-state index in [0.29, 0.717) is 51.6 Å². The molecule has 2 rings (SSSR count). The molecule has 2 atom stereocenters. The van der Waals surface area contributed by atoms with Crippen LogP contribution in [-0.2, 0) is 14.2 Å². The molecule has 0 spiro atoms. The lowest BCUT2D eigenvalue weighted by molar-refractivity contribution is -0.0634. The summed E-state index contributed by atoms with van der Waals surface area (Å²) in [7, 11) is 1.63. The van der Waals surface area contributed by atoms with Crippen molar-refractivity contribution >= 4 is 5.91 Å². The first-order valence-corrected chi connectivity index (χ1v) is 9.96. The van der Waals surface area contributed by atoms with Gasteiger partial charge in [-0.25, -0.2) is 0 Å². The predicted molar refractivity (Wildman–Crippen MR) is 107 cm³/mol. The number of carbonyl (C=O) groups is 1. The van der Waals surface area contributed by atoms with Gasteiger partial charge in [0, 0.05) is 45.4 Å². The number of rotatable bonds is 11. The van der Waals surface area contributed by atoms with Gasteiger partial charge in [0.15, 0.2) is 0 Å². The van der Waals surface area contributed by atoms with Gasteiger partial charge in [0.1, 0.15) is 0 Å². The Morgan fingerprint density at radius 2 is 2.11 bits per heavy atom. The number of hydrogen-bond acceptors (Lipinski definition) is 6. The van der Waals surface area contributed by atoms with Crippen LogP contribution in [0.2, 0.25) is 0 Å². The summed E-state index contributed by atoms with van der Waals surface area (Å²) in [6.07, 6.45) is -0.529. The number of nitrogens with zero attached hydrogens (tertiary/aromatic N) is 2. The molecular formula is C21H34N2O5. The Bertz CT molecular complexity index is 569. The van der Waals surface area contributed by atoms with Crippen LogP contribution in [0, 0.1) is 0 Å². The molecule has 1 aliphatic rings. The second kappa shape index (κ2) is 12.1. The van der Waals surface area contributed by atoms with Crippen LogP contribution in [0.25, 0.3) is 0 Å². The number of morpholine rings is 1. The van der Waals surface area contributed by atoms with Gasteiger partial charge in [-0.3, -0.25) is 9.69 Å². The summed E-state index contributed by atoms with van der Waals surface area (Å²) in [4.78, 5) is 16.8. The molecule has 0 bridgehead atoms. The van der Waals surface area contributed by atoms with Gasteiger partial charge < -0.3 is 24.2 Å². The Balaban J connectivity index is 1.91. The lowest BCUT2D eigenvalue weighted by atomic mass is 10.1. The second-order valence-electron chi connectivity index (χ2n) is 7.40. The highest BCUT2D eigenvalue weighted by molar-refractivity contribution is 5.94. The zero-order chi connectivity index (χ0) is 20.4. The summed E-state index contributed by atoms with van der Waals surface area (Å²) < 4.78 is 16.6. The highest BCUT2D eigenvalue weighted by Gasteiger charge is 2.26. The van der Waals surface area contributed by atoms with Crippen molar-refractivity contribution in [3.05, 3.63) is 35.9 Å². The zero-order valence-corrected chi connectivity index (χ0v) is 17.3. The average molecular weight is 395 g/mol. The molecule has 0 saturated carbocycles. The van der Waals surface area contributed by atoms with E-state index in [1.807, 2.05) is 44.2 Å². The minimum absolute atomic E-state index is 0.0243. The summed E-state index contributed by atoms with van der Waals surface area (Å²) >= 11 is 0. The quantitative estimate of drug-likeness (QED) is 0.609.